The van der Waals surface area contributed by atoms with Gasteiger partial charge < -0.3 is 9.73 Å². The Bertz CT molecular complexity index is 912. The molecular weight excluding hydrogens is 352 g/mol. The molecule has 2 atom stereocenters. The largest absolute Gasteiger partial charge is 0.423 e. The molecule has 0 radical (unpaired) electrons. The maximum absolute atomic E-state index is 12.9. The molecule has 24 heavy (non-hydrogen) atoms. The highest BCUT2D eigenvalue weighted by Gasteiger charge is 2.37. The second kappa shape index (κ2) is 6.48. The lowest BCUT2D eigenvalue weighted by Gasteiger charge is -2.33. The van der Waals surface area contributed by atoms with Gasteiger partial charge >= 0.3 is 5.63 Å². The first-order chi connectivity index (χ1) is 11.0. The summed E-state index contributed by atoms with van der Waals surface area (Å²) in [5, 5.41) is 3.96. The molecule has 3 heterocycles. The van der Waals surface area contributed by atoms with Crippen LogP contribution in [0.4, 0.5) is 0 Å². The molecule has 4 rings (SSSR count). The second-order valence-corrected chi connectivity index (χ2v) is 8.22. The van der Waals surface area contributed by atoms with E-state index in [0.717, 1.165) is 19.5 Å². The molecule has 0 saturated carbocycles. The summed E-state index contributed by atoms with van der Waals surface area (Å²) in [4.78, 5) is 11.5. The average molecular weight is 371 g/mol. The highest BCUT2D eigenvalue weighted by molar-refractivity contribution is 7.89. The summed E-state index contributed by atoms with van der Waals surface area (Å²) in [5.74, 6) is 0.990. The van der Waals surface area contributed by atoms with E-state index in [1.54, 1.807) is 22.5 Å². The van der Waals surface area contributed by atoms with Gasteiger partial charge in [-0.05, 0) is 55.6 Å². The third-order valence-corrected chi connectivity index (χ3v) is 6.76. The summed E-state index contributed by atoms with van der Waals surface area (Å²) < 4.78 is 32.4. The van der Waals surface area contributed by atoms with Crippen LogP contribution in [-0.2, 0) is 10.0 Å². The molecule has 1 aromatic carbocycles. The van der Waals surface area contributed by atoms with Crippen LogP contribution in [0.25, 0.3) is 11.0 Å². The van der Waals surface area contributed by atoms with Crippen molar-refractivity contribution >= 4 is 33.4 Å². The molecule has 0 bridgehead atoms. The van der Waals surface area contributed by atoms with Gasteiger partial charge in [0.15, 0.2) is 0 Å². The van der Waals surface area contributed by atoms with Gasteiger partial charge in [0.1, 0.15) is 5.58 Å². The second-order valence-electron chi connectivity index (χ2n) is 6.28. The minimum Gasteiger partial charge on any atom is -0.423 e. The molecule has 0 aliphatic carbocycles. The number of nitrogens with zero attached hydrogens (tertiary/aromatic N) is 1. The number of piperidine rings is 1. The number of hydrogen-bond acceptors (Lipinski definition) is 5. The molecule has 1 aromatic heterocycles. The van der Waals surface area contributed by atoms with E-state index in [0.29, 0.717) is 35.9 Å². The van der Waals surface area contributed by atoms with Gasteiger partial charge in [-0.2, -0.15) is 4.31 Å². The summed E-state index contributed by atoms with van der Waals surface area (Å²) >= 11 is 0. The molecule has 6 nitrogen and oxygen atoms in total. The minimum atomic E-state index is -3.52. The fourth-order valence-corrected chi connectivity index (χ4v) is 5.13. The van der Waals surface area contributed by atoms with Crippen LogP contribution in [0.1, 0.15) is 6.42 Å². The average Bonchev–Trinajstić information content (AvgIpc) is 3.01. The molecule has 130 valence electrons. The van der Waals surface area contributed by atoms with E-state index in [9.17, 15) is 13.2 Å². The van der Waals surface area contributed by atoms with Gasteiger partial charge in [-0.25, -0.2) is 13.2 Å². The molecule has 1 N–H and O–H groups in total. The quantitative estimate of drug-likeness (QED) is 0.809. The van der Waals surface area contributed by atoms with Gasteiger partial charge in [0.05, 0.1) is 4.90 Å². The van der Waals surface area contributed by atoms with Crippen molar-refractivity contribution in [1.82, 2.24) is 9.62 Å². The van der Waals surface area contributed by atoms with Crippen LogP contribution in [0, 0.1) is 11.8 Å². The SMILES string of the molecule is Cl.O=c1ccc2cc(S(=O)(=O)N3CCC4CNCC4C3)ccc2o1. The lowest BCUT2D eigenvalue weighted by Crippen LogP contribution is -2.43. The van der Waals surface area contributed by atoms with Crippen LogP contribution in [0.2, 0.25) is 0 Å². The Morgan fingerprint density at radius 3 is 2.75 bits per heavy atom. The lowest BCUT2D eigenvalue weighted by molar-refractivity contribution is 0.228. The summed E-state index contributed by atoms with van der Waals surface area (Å²) in [5.41, 5.74) is -0.0425. The molecule has 8 heteroatoms. The van der Waals surface area contributed by atoms with E-state index in [2.05, 4.69) is 5.32 Å². The predicted octanol–water partition coefficient (Wildman–Crippen LogP) is 1.44. The van der Waals surface area contributed by atoms with Crippen molar-refractivity contribution in [2.75, 3.05) is 26.2 Å². The summed E-state index contributed by atoms with van der Waals surface area (Å²) in [6.45, 7) is 3.02. The standard InChI is InChI=1S/C16H18N2O4S.ClH/c19-16-4-1-11-7-14(2-3-15(11)22-16)23(20,21)18-6-5-12-8-17-9-13(12)10-18;/h1-4,7,12-13,17H,5-6,8-10H2;1H. The Morgan fingerprint density at radius 2 is 1.92 bits per heavy atom. The summed E-state index contributed by atoms with van der Waals surface area (Å²) in [7, 11) is -3.52. The van der Waals surface area contributed by atoms with E-state index in [1.807, 2.05) is 0 Å². The van der Waals surface area contributed by atoms with E-state index in [-0.39, 0.29) is 17.3 Å². The van der Waals surface area contributed by atoms with Gasteiger partial charge in [0.2, 0.25) is 10.0 Å². The zero-order chi connectivity index (χ0) is 16.0. The van der Waals surface area contributed by atoms with E-state index in [1.165, 1.54) is 12.1 Å². The third-order valence-electron chi connectivity index (χ3n) is 4.90. The number of rotatable bonds is 2. The fraction of sp³-hybridized carbons (Fsp3) is 0.438. The van der Waals surface area contributed by atoms with Crippen molar-refractivity contribution in [3.8, 4) is 0 Å². The van der Waals surface area contributed by atoms with Crippen LogP contribution in [0.5, 0.6) is 0 Å². The van der Waals surface area contributed by atoms with E-state index in [4.69, 9.17) is 4.42 Å². The van der Waals surface area contributed by atoms with Gasteiger partial charge in [0, 0.05) is 24.5 Å². The Morgan fingerprint density at radius 1 is 1.12 bits per heavy atom. The van der Waals surface area contributed by atoms with E-state index < -0.39 is 15.6 Å². The van der Waals surface area contributed by atoms with Crippen LogP contribution in [0.3, 0.4) is 0 Å². The Balaban J connectivity index is 0.00000169. The van der Waals surface area contributed by atoms with Gasteiger partial charge in [-0.1, -0.05) is 0 Å². The Hall–Kier alpha value is -1.41. The molecule has 2 aliphatic heterocycles. The van der Waals surface area contributed by atoms with Crippen molar-refractivity contribution in [3.05, 3.63) is 40.8 Å². The van der Waals surface area contributed by atoms with Crippen molar-refractivity contribution in [2.45, 2.75) is 11.3 Å². The van der Waals surface area contributed by atoms with Gasteiger partial charge in [0.25, 0.3) is 0 Å². The third kappa shape index (κ3) is 2.97. The predicted molar refractivity (Wildman–Crippen MR) is 93.0 cm³/mol. The number of nitrogens with one attached hydrogen (secondary N) is 1. The Kier molecular flexibility index (Phi) is 4.70. The molecule has 2 unspecified atom stereocenters. The highest BCUT2D eigenvalue weighted by Crippen LogP contribution is 2.30. The Labute approximate surface area is 146 Å². The number of fused-ring (bicyclic) bond motifs is 2. The zero-order valence-electron chi connectivity index (χ0n) is 13.0. The molecule has 2 fully saturated rings. The topological polar surface area (TPSA) is 79.6 Å². The summed E-state index contributed by atoms with van der Waals surface area (Å²) in [6.07, 6.45) is 0.902. The fourth-order valence-electron chi connectivity index (χ4n) is 3.58. The monoisotopic (exact) mass is 370 g/mol. The van der Waals surface area contributed by atoms with Crippen LogP contribution < -0.4 is 10.9 Å². The minimum absolute atomic E-state index is 0. The normalized spacial score (nSPS) is 24.5. The van der Waals surface area contributed by atoms with Crippen molar-refractivity contribution in [3.63, 3.8) is 0 Å². The molecular formula is C16H19ClN2O4S. The van der Waals surface area contributed by atoms with Gasteiger partial charge in [-0.3, -0.25) is 0 Å². The first kappa shape index (κ1) is 17.4. The zero-order valence-corrected chi connectivity index (χ0v) is 14.6. The van der Waals surface area contributed by atoms with Crippen LogP contribution in [0.15, 0.2) is 44.4 Å². The molecule has 2 saturated heterocycles. The molecule has 2 aliphatic rings. The maximum atomic E-state index is 12.9. The van der Waals surface area contributed by atoms with Crippen molar-refractivity contribution < 1.29 is 12.8 Å². The highest BCUT2D eigenvalue weighted by atomic mass is 35.5. The molecule has 0 amide bonds. The molecule has 2 aromatic rings. The maximum Gasteiger partial charge on any atom is 0.336 e. The van der Waals surface area contributed by atoms with Crippen molar-refractivity contribution in [1.29, 1.82) is 0 Å². The number of benzene rings is 1. The lowest BCUT2D eigenvalue weighted by atomic mass is 9.90. The molecule has 0 spiro atoms. The first-order valence-electron chi connectivity index (χ1n) is 7.79. The van der Waals surface area contributed by atoms with Crippen LogP contribution in [-0.4, -0.2) is 38.9 Å². The van der Waals surface area contributed by atoms with Crippen LogP contribution >= 0.6 is 12.4 Å². The van der Waals surface area contributed by atoms with Crippen molar-refractivity contribution in [2.24, 2.45) is 11.8 Å². The first-order valence-corrected chi connectivity index (χ1v) is 9.23. The number of hydrogen-bond donors (Lipinski definition) is 1. The summed E-state index contributed by atoms with van der Waals surface area (Å²) in [6, 6.07) is 7.53. The number of sulfonamides is 1. The smallest absolute Gasteiger partial charge is 0.336 e. The van der Waals surface area contributed by atoms with Gasteiger partial charge in [-0.15, -0.1) is 12.4 Å². The number of halogens is 1. The van der Waals surface area contributed by atoms with E-state index >= 15 is 0 Å².